The fraction of sp³-hybridized carbons (Fsp3) is 0.667. The molecule has 24 heavy (non-hydrogen) atoms. The van der Waals surface area contributed by atoms with Crippen molar-refractivity contribution in [3.63, 3.8) is 0 Å². The van der Waals surface area contributed by atoms with Gasteiger partial charge in [-0.1, -0.05) is 18.9 Å². The summed E-state index contributed by atoms with van der Waals surface area (Å²) in [5.41, 5.74) is 1.95. The lowest BCUT2D eigenvalue weighted by Crippen LogP contribution is -2.41. The minimum Gasteiger partial charge on any atom is -0.347 e. The molecule has 3 rings (SSSR count). The Hall–Kier alpha value is -1.66. The number of nitrogens with zero attached hydrogens (tertiary/aromatic N) is 1. The van der Waals surface area contributed by atoms with Gasteiger partial charge in [0.05, 0.1) is 18.8 Å². The van der Waals surface area contributed by atoms with Gasteiger partial charge in [-0.25, -0.2) is 4.79 Å². The number of nitrogens with one attached hydrogen (secondary N) is 2. The summed E-state index contributed by atoms with van der Waals surface area (Å²) in [5.74, 6) is -0.398. The summed E-state index contributed by atoms with van der Waals surface area (Å²) < 4.78 is 12.1. The zero-order valence-electron chi connectivity index (χ0n) is 14.3. The molecule has 0 bridgehead atoms. The van der Waals surface area contributed by atoms with Gasteiger partial charge in [0.25, 0.3) is 0 Å². The van der Waals surface area contributed by atoms with E-state index in [1.54, 1.807) is 6.20 Å². The van der Waals surface area contributed by atoms with Gasteiger partial charge >= 0.3 is 6.03 Å². The van der Waals surface area contributed by atoms with Gasteiger partial charge in [-0.2, -0.15) is 0 Å². The second kappa shape index (κ2) is 7.94. The van der Waals surface area contributed by atoms with Crippen molar-refractivity contribution in [2.75, 3.05) is 13.2 Å². The van der Waals surface area contributed by atoms with Gasteiger partial charge in [-0.3, -0.25) is 4.98 Å². The van der Waals surface area contributed by atoms with E-state index in [4.69, 9.17) is 9.47 Å². The van der Waals surface area contributed by atoms with Crippen LogP contribution >= 0.6 is 0 Å². The third-order valence-corrected chi connectivity index (χ3v) is 4.80. The van der Waals surface area contributed by atoms with E-state index in [0.29, 0.717) is 19.7 Å². The molecule has 1 saturated heterocycles. The number of aromatic nitrogens is 1. The fourth-order valence-corrected chi connectivity index (χ4v) is 3.38. The number of ether oxygens (including phenoxy) is 2. The van der Waals surface area contributed by atoms with Crippen molar-refractivity contribution >= 4 is 6.03 Å². The minimum absolute atomic E-state index is 0.0644. The Balaban J connectivity index is 1.40. The van der Waals surface area contributed by atoms with E-state index >= 15 is 0 Å². The Labute approximate surface area is 143 Å². The lowest BCUT2D eigenvalue weighted by Gasteiger charge is -2.26. The summed E-state index contributed by atoms with van der Waals surface area (Å²) in [4.78, 5) is 16.2. The highest BCUT2D eigenvalue weighted by Gasteiger charge is 2.41. The molecule has 1 aliphatic carbocycles. The maximum absolute atomic E-state index is 12.0. The van der Waals surface area contributed by atoms with Crippen molar-refractivity contribution < 1.29 is 14.3 Å². The Morgan fingerprint density at radius 3 is 2.83 bits per heavy atom. The van der Waals surface area contributed by atoms with Crippen LogP contribution < -0.4 is 10.6 Å². The predicted molar refractivity (Wildman–Crippen MR) is 90.5 cm³/mol. The third-order valence-electron chi connectivity index (χ3n) is 4.80. The van der Waals surface area contributed by atoms with Crippen LogP contribution in [0.15, 0.2) is 18.3 Å². The molecule has 1 aromatic rings. The van der Waals surface area contributed by atoms with Crippen LogP contribution in [0.1, 0.15) is 49.8 Å². The Morgan fingerprint density at radius 1 is 1.29 bits per heavy atom. The van der Waals surface area contributed by atoms with Crippen LogP contribution in [0.5, 0.6) is 0 Å². The molecule has 6 heteroatoms. The molecule has 2 amide bonds. The summed E-state index contributed by atoms with van der Waals surface area (Å²) in [5, 5.41) is 5.70. The van der Waals surface area contributed by atoms with Crippen molar-refractivity contribution in [1.82, 2.24) is 15.6 Å². The molecule has 0 aromatic carbocycles. The summed E-state index contributed by atoms with van der Waals surface area (Å²) in [6.45, 7) is 3.43. The molecule has 1 aromatic heterocycles. The monoisotopic (exact) mass is 333 g/mol. The highest BCUT2D eigenvalue weighted by Crippen LogP contribution is 2.36. The number of aryl methyl sites for hydroxylation is 1. The molecular formula is C18H27N3O3. The molecule has 0 radical (unpaired) electrons. The van der Waals surface area contributed by atoms with Crippen molar-refractivity contribution in [2.24, 2.45) is 0 Å². The number of urea groups is 1. The maximum Gasteiger partial charge on any atom is 0.315 e. The third kappa shape index (κ3) is 4.45. The summed E-state index contributed by atoms with van der Waals surface area (Å²) in [6, 6.07) is 3.67. The van der Waals surface area contributed by atoms with Crippen molar-refractivity contribution in [1.29, 1.82) is 0 Å². The number of carbonyl (C=O) groups is 1. The van der Waals surface area contributed by atoms with E-state index in [-0.39, 0.29) is 12.1 Å². The van der Waals surface area contributed by atoms with Gasteiger partial charge in [0, 0.05) is 25.6 Å². The van der Waals surface area contributed by atoms with Crippen LogP contribution in [0.3, 0.4) is 0 Å². The van der Waals surface area contributed by atoms with Gasteiger partial charge in [0.2, 0.25) is 0 Å². The van der Waals surface area contributed by atoms with E-state index < -0.39 is 5.79 Å². The topological polar surface area (TPSA) is 72.5 Å². The molecule has 132 valence electrons. The molecule has 6 nitrogen and oxygen atoms in total. The first-order valence-corrected chi connectivity index (χ1v) is 8.91. The van der Waals surface area contributed by atoms with E-state index in [9.17, 15) is 4.79 Å². The van der Waals surface area contributed by atoms with E-state index in [1.807, 2.05) is 19.1 Å². The largest absolute Gasteiger partial charge is 0.347 e. The average molecular weight is 333 g/mol. The molecule has 1 saturated carbocycles. The normalized spacial score (nSPS) is 23.0. The highest BCUT2D eigenvalue weighted by molar-refractivity contribution is 5.73. The van der Waals surface area contributed by atoms with Gasteiger partial charge in [-0.15, -0.1) is 0 Å². The van der Waals surface area contributed by atoms with Crippen molar-refractivity contribution in [2.45, 2.75) is 63.9 Å². The van der Waals surface area contributed by atoms with Crippen LogP contribution in [-0.2, 0) is 16.0 Å². The summed E-state index contributed by atoms with van der Waals surface area (Å²) >= 11 is 0. The highest BCUT2D eigenvalue weighted by atomic mass is 16.7. The van der Waals surface area contributed by atoms with E-state index in [2.05, 4.69) is 15.6 Å². The average Bonchev–Trinajstić information content (AvgIpc) is 2.84. The molecule has 2 heterocycles. The van der Waals surface area contributed by atoms with Gasteiger partial charge < -0.3 is 20.1 Å². The van der Waals surface area contributed by atoms with Crippen molar-refractivity contribution in [3.05, 3.63) is 29.6 Å². The lowest BCUT2D eigenvalue weighted by molar-refractivity contribution is -0.175. The Morgan fingerprint density at radius 2 is 2.08 bits per heavy atom. The second-order valence-corrected chi connectivity index (χ2v) is 6.71. The number of carbonyl (C=O) groups excluding carboxylic acids is 1. The van der Waals surface area contributed by atoms with Crippen LogP contribution in [0.4, 0.5) is 4.79 Å². The zero-order chi connectivity index (χ0) is 16.8. The van der Waals surface area contributed by atoms with Crippen LogP contribution in [0.25, 0.3) is 0 Å². The van der Waals surface area contributed by atoms with Crippen LogP contribution in [-0.4, -0.2) is 36.1 Å². The smallest absolute Gasteiger partial charge is 0.315 e. The number of pyridine rings is 1. The summed E-state index contributed by atoms with van der Waals surface area (Å²) in [6.07, 6.45) is 8.43. The van der Waals surface area contributed by atoms with Crippen molar-refractivity contribution in [3.8, 4) is 0 Å². The van der Waals surface area contributed by atoms with Gasteiger partial charge in [0.1, 0.15) is 6.10 Å². The Bertz CT molecular complexity index is 556. The molecule has 1 aliphatic heterocycles. The van der Waals surface area contributed by atoms with Crippen LogP contribution in [0, 0.1) is 6.92 Å². The first kappa shape index (κ1) is 17.2. The minimum atomic E-state index is -0.398. The molecule has 2 aliphatic rings. The molecule has 1 spiro atoms. The molecule has 2 fully saturated rings. The van der Waals surface area contributed by atoms with Gasteiger partial charge in [0.15, 0.2) is 5.79 Å². The number of hydrogen-bond donors (Lipinski definition) is 2. The SMILES string of the molecule is Cc1cccnc1CNC(=O)NC[C@@H]1COC2(CCCCCC2)O1. The predicted octanol–water partition coefficient (Wildman–Crippen LogP) is 2.66. The number of hydrogen-bond acceptors (Lipinski definition) is 4. The van der Waals surface area contributed by atoms with Crippen LogP contribution in [0.2, 0.25) is 0 Å². The molecule has 1 atom stereocenters. The molecular weight excluding hydrogens is 306 g/mol. The lowest BCUT2D eigenvalue weighted by atomic mass is 10.1. The number of amides is 2. The zero-order valence-corrected chi connectivity index (χ0v) is 14.3. The van der Waals surface area contributed by atoms with E-state index in [0.717, 1.165) is 36.9 Å². The molecule has 0 unspecified atom stereocenters. The first-order chi connectivity index (χ1) is 11.7. The maximum atomic E-state index is 12.0. The molecule has 2 N–H and O–H groups in total. The fourth-order valence-electron chi connectivity index (χ4n) is 3.38. The first-order valence-electron chi connectivity index (χ1n) is 8.91. The quantitative estimate of drug-likeness (QED) is 0.888. The standard InChI is InChI=1S/C18H27N3O3/c1-14-7-6-10-19-16(14)12-21-17(22)20-11-15-13-23-18(24-15)8-4-2-3-5-9-18/h6-7,10,15H,2-5,8-9,11-13H2,1H3,(H2,20,21,22)/t15-/m1/s1. The summed E-state index contributed by atoms with van der Waals surface area (Å²) in [7, 11) is 0. The second-order valence-electron chi connectivity index (χ2n) is 6.71. The van der Waals surface area contributed by atoms with Gasteiger partial charge in [-0.05, 0) is 31.4 Å². The number of rotatable bonds is 4. The Kier molecular flexibility index (Phi) is 5.68. The van der Waals surface area contributed by atoms with E-state index in [1.165, 1.54) is 12.8 Å².